The lowest BCUT2D eigenvalue weighted by Gasteiger charge is -2.06. The van der Waals surface area contributed by atoms with Crippen molar-refractivity contribution in [1.29, 1.82) is 0 Å². The van der Waals surface area contributed by atoms with Gasteiger partial charge < -0.3 is 20.1 Å². The Hall–Kier alpha value is -3.00. The number of nitrogens with one attached hydrogen (secondary N) is 2. The Balaban J connectivity index is 1.58. The van der Waals surface area contributed by atoms with Gasteiger partial charge in [0, 0.05) is 5.69 Å². The third kappa shape index (κ3) is 4.34. The highest BCUT2D eigenvalue weighted by molar-refractivity contribution is 7.99. The Kier molecular flexibility index (Phi) is 5.43. The molecule has 7 nitrogen and oxygen atoms in total. The lowest BCUT2D eigenvalue weighted by molar-refractivity contribution is -0.113. The normalized spacial score (nSPS) is 10.7. The van der Waals surface area contributed by atoms with Crippen LogP contribution in [0.25, 0.3) is 11.0 Å². The third-order valence-corrected chi connectivity index (χ3v) is 4.37. The van der Waals surface area contributed by atoms with Crippen molar-refractivity contribution in [2.45, 2.75) is 12.1 Å². The fourth-order valence-corrected chi connectivity index (χ4v) is 3.00. The fourth-order valence-electron chi connectivity index (χ4n) is 2.32. The van der Waals surface area contributed by atoms with Gasteiger partial charge in [-0.3, -0.25) is 4.79 Å². The number of aromatic amines is 1. The molecule has 1 aromatic heterocycles. The number of carboxylic acids is 1. The molecule has 0 saturated carbocycles. The van der Waals surface area contributed by atoms with Gasteiger partial charge in [0.25, 0.3) is 0 Å². The van der Waals surface area contributed by atoms with Gasteiger partial charge in [-0.2, -0.15) is 0 Å². The van der Waals surface area contributed by atoms with E-state index in [4.69, 9.17) is 9.84 Å². The maximum Gasteiger partial charge on any atom is 0.335 e. The molecule has 134 valence electrons. The highest BCUT2D eigenvalue weighted by Gasteiger charge is 2.10. The molecule has 1 heterocycles. The number of imidazole rings is 1. The Morgan fingerprint density at radius 3 is 2.69 bits per heavy atom. The first-order valence-corrected chi connectivity index (χ1v) is 8.92. The van der Waals surface area contributed by atoms with Crippen molar-refractivity contribution < 1.29 is 19.4 Å². The standard InChI is InChI=1S/C18H17N3O4S/c1-2-25-13-6-4-12(5-7-13)19-16(22)10-26-18-20-14-8-3-11(17(23)24)9-15(14)21-18/h3-9H,2,10H2,1H3,(H,19,22)(H,20,21)(H,23,24). The van der Waals surface area contributed by atoms with Gasteiger partial charge in [0.1, 0.15) is 5.75 Å². The van der Waals surface area contributed by atoms with Crippen LogP contribution in [-0.2, 0) is 4.79 Å². The minimum atomic E-state index is -0.995. The minimum Gasteiger partial charge on any atom is -0.494 e. The summed E-state index contributed by atoms with van der Waals surface area (Å²) in [6, 6.07) is 11.8. The van der Waals surface area contributed by atoms with Crippen LogP contribution in [0.1, 0.15) is 17.3 Å². The number of hydrogen-bond donors (Lipinski definition) is 3. The van der Waals surface area contributed by atoms with E-state index in [-0.39, 0.29) is 17.2 Å². The molecule has 2 aromatic carbocycles. The number of hydrogen-bond acceptors (Lipinski definition) is 5. The number of carbonyl (C=O) groups excluding carboxylic acids is 1. The van der Waals surface area contributed by atoms with Gasteiger partial charge in [-0.1, -0.05) is 11.8 Å². The number of aromatic nitrogens is 2. The van der Waals surface area contributed by atoms with Crippen molar-refractivity contribution in [3.63, 3.8) is 0 Å². The van der Waals surface area contributed by atoms with Crippen molar-refractivity contribution in [2.24, 2.45) is 0 Å². The summed E-state index contributed by atoms with van der Waals surface area (Å²) in [6.45, 7) is 2.50. The highest BCUT2D eigenvalue weighted by Crippen LogP contribution is 2.21. The first-order valence-electron chi connectivity index (χ1n) is 7.93. The largest absolute Gasteiger partial charge is 0.494 e. The van der Waals surface area contributed by atoms with Crippen LogP contribution in [0.3, 0.4) is 0 Å². The number of nitrogens with zero attached hydrogens (tertiary/aromatic N) is 1. The molecule has 8 heteroatoms. The van der Waals surface area contributed by atoms with Crippen LogP contribution in [-0.4, -0.2) is 39.3 Å². The van der Waals surface area contributed by atoms with Crippen LogP contribution in [0.4, 0.5) is 5.69 Å². The van der Waals surface area contributed by atoms with E-state index < -0.39 is 5.97 Å². The van der Waals surface area contributed by atoms with Crippen LogP contribution in [0.5, 0.6) is 5.75 Å². The molecule has 0 aliphatic rings. The van der Waals surface area contributed by atoms with E-state index in [2.05, 4.69) is 15.3 Å². The van der Waals surface area contributed by atoms with Crippen LogP contribution in [0.2, 0.25) is 0 Å². The summed E-state index contributed by atoms with van der Waals surface area (Å²) in [4.78, 5) is 30.4. The number of amides is 1. The molecule has 26 heavy (non-hydrogen) atoms. The zero-order valence-electron chi connectivity index (χ0n) is 14.0. The SMILES string of the molecule is CCOc1ccc(NC(=O)CSc2nc3ccc(C(=O)O)cc3[nH]2)cc1. The quantitative estimate of drug-likeness (QED) is 0.550. The van der Waals surface area contributed by atoms with Gasteiger partial charge in [0.05, 0.1) is 29.0 Å². The van der Waals surface area contributed by atoms with Crippen molar-refractivity contribution in [3.8, 4) is 5.75 Å². The maximum atomic E-state index is 12.1. The second-order valence-corrected chi connectivity index (χ2v) is 6.34. The van der Waals surface area contributed by atoms with Gasteiger partial charge in [-0.25, -0.2) is 9.78 Å². The summed E-state index contributed by atoms with van der Waals surface area (Å²) in [5.74, 6) is -0.224. The molecule has 3 N–H and O–H groups in total. The number of aromatic carboxylic acids is 1. The molecule has 0 bridgehead atoms. The minimum absolute atomic E-state index is 0.161. The average molecular weight is 371 g/mol. The molecule has 0 spiro atoms. The summed E-state index contributed by atoms with van der Waals surface area (Å²) in [5.41, 5.74) is 2.16. The second kappa shape index (κ2) is 7.92. The number of fused-ring (bicyclic) bond motifs is 1. The van der Waals surface area contributed by atoms with Gasteiger partial charge in [-0.15, -0.1) is 0 Å². The van der Waals surface area contributed by atoms with E-state index in [1.165, 1.54) is 23.9 Å². The van der Waals surface area contributed by atoms with E-state index in [1.54, 1.807) is 30.3 Å². The number of anilines is 1. The average Bonchev–Trinajstić information content (AvgIpc) is 3.04. The number of carbonyl (C=O) groups is 2. The topological polar surface area (TPSA) is 104 Å². The van der Waals surface area contributed by atoms with E-state index in [9.17, 15) is 9.59 Å². The lowest BCUT2D eigenvalue weighted by Crippen LogP contribution is -2.14. The van der Waals surface area contributed by atoms with E-state index >= 15 is 0 Å². The first kappa shape index (κ1) is 17.8. The van der Waals surface area contributed by atoms with Crippen molar-refractivity contribution >= 4 is 40.4 Å². The summed E-state index contributed by atoms with van der Waals surface area (Å²) >= 11 is 1.25. The van der Waals surface area contributed by atoms with Gasteiger partial charge in [0.15, 0.2) is 5.16 Å². The number of carboxylic acid groups (broad SMARTS) is 1. The van der Waals surface area contributed by atoms with Crippen LogP contribution >= 0.6 is 11.8 Å². The first-order chi connectivity index (χ1) is 12.5. The molecule has 0 radical (unpaired) electrons. The molecule has 0 unspecified atom stereocenters. The Bertz CT molecular complexity index is 937. The summed E-state index contributed by atoms with van der Waals surface area (Å²) in [6.07, 6.45) is 0. The Morgan fingerprint density at radius 2 is 2.00 bits per heavy atom. The third-order valence-electron chi connectivity index (χ3n) is 3.50. The smallest absolute Gasteiger partial charge is 0.335 e. The van der Waals surface area contributed by atoms with Crippen molar-refractivity contribution in [3.05, 3.63) is 48.0 Å². The summed E-state index contributed by atoms with van der Waals surface area (Å²) in [7, 11) is 0. The molecular formula is C18H17N3O4S. The van der Waals surface area contributed by atoms with E-state index in [1.807, 2.05) is 6.92 Å². The highest BCUT2D eigenvalue weighted by atomic mass is 32.2. The number of ether oxygens (including phenoxy) is 1. The molecule has 0 atom stereocenters. The molecule has 3 aromatic rings. The van der Waals surface area contributed by atoms with Crippen molar-refractivity contribution in [1.82, 2.24) is 9.97 Å². The van der Waals surface area contributed by atoms with E-state index in [0.717, 1.165) is 5.75 Å². The number of H-pyrrole nitrogens is 1. The zero-order chi connectivity index (χ0) is 18.5. The van der Waals surface area contributed by atoms with Gasteiger partial charge in [0.2, 0.25) is 5.91 Å². The molecule has 0 aliphatic heterocycles. The molecule has 1 amide bonds. The zero-order valence-corrected chi connectivity index (χ0v) is 14.8. The predicted octanol–water partition coefficient (Wildman–Crippen LogP) is 3.39. The van der Waals surface area contributed by atoms with Crippen LogP contribution < -0.4 is 10.1 Å². The molecular weight excluding hydrogens is 354 g/mol. The number of thioether (sulfide) groups is 1. The predicted molar refractivity (Wildman–Crippen MR) is 100 cm³/mol. The monoisotopic (exact) mass is 371 g/mol. The van der Waals surface area contributed by atoms with Crippen molar-refractivity contribution in [2.75, 3.05) is 17.7 Å². The Morgan fingerprint density at radius 1 is 1.23 bits per heavy atom. The van der Waals surface area contributed by atoms with Crippen LogP contribution in [0.15, 0.2) is 47.6 Å². The molecule has 0 saturated heterocycles. The summed E-state index contributed by atoms with van der Waals surface area (Å²) < 4.78 is 5.36. The lowest BCUT2D eigenvalue weighted by atomic mass is 10.2. The van der Waals surface area contributed by atoms with E-state index in [0.29, 0.717) is 28.5 Å². The molecule has 3 rings (SSSR count). The number of benzene rings is 2. The van der Waals surface area contributed by atoms with Gasteiger partial charge >= 0.3 is 5.97 Å². The second-order valence-electron chi connectivity index (χ2n) is 5.37. The maximum absolute atomic E-state index is 12.1. The fraction of sp³-hybridized carbons (Fsp3) is 0.167. The molecule has 0 fully saturated rings. The summed E-state index contributed by atoms with van der Waals surface area (Å²) in [5, 5.41) is 12.4. The van der Waals surface area contributed by atoms with Crippen LogP contribution in [0, 0.1) is 0 Å². The molecule has 0 aliphatic carbocycles. The number of rotatable bonds is 7. The van der Waals surface area contributed by atoms with Gasteiger partial charge in [-0.05, 0) is 49.4 Å². The Labute approximate surface area is 153 Å².